The van der Waals surface area contributed by atoms with Crippen LogP contribution < -0.4 is 14.8 Å². The van der Waals surface area contributed by atoms with E-state index in [1.54, 1.807) is 24.3 Å². The zero-order valence-electron chi connectivity index (χ0n) is 9.97. The molecule has 0 aliphatic heterocycles. The van der Waals surface area contributed by atoms with E-state index in [-0.39, 0.29) is 5.91 Å². The van der Waals surface area contributed by atoms with E-state index in [9.17, 15) is 4.79 Å². The smallest absolute Gasteiger partial charge is 0.257 e. The maximum absolute atomic E-state index is 11.9. The average Bonchev–Trinajstić information content (AvgIpc) is 2.90. The second-order valence-corrected chi connectivity index (χ2v) is 3.44. The molecule has 0 saturated carbocycles. The first kappa shape index (κ1) is 12.0. The topological polar surface area (TPSA) is 73.6 Å². The van der Waals surface area contributed by atoms with Gasteiger partial charge in [0.05, 0.1) is 14.2 Å². The Labute approximate surface area is 103 Å². The van der Waals surface area contributed by atoms with Gasteiger partial charge in [-0.2, -0.15) is 0 Å². The van der Waals surface area contributed by atoms with E-state index in [4.69, 9.17) is 9.47 Å². The third-order valence-corrected chi connectivity index (χ3v) is 2.29. The molecule has 0 aliphatic carbocycles. The van der Waals surface area contributed by atoms with Crippen LogP contribution in [0.4, 0.5) is 5.82 Å². The molecule has 1 heterocycles. The fourth-order valence-corrected chi connectivity index (χ4v) is 1.40. The molecule has 6 nitrogen and oxygen atoms in total. The Morgan fingerprint density at radius 3 is 2.39 bits per heavy atom. The van der Waals surface area contributed by atoms with Gasteiger partial charge in [-0.25, -0.2) is 0 Å². The van der Waals surface area contributed by atoms with Gasteiger partial charge >= 0.3 is 0 Å². The number of rotatable bonds is 4. The molecule has 1 aromatic heterocycles. The van der Waals surface area contributed by atoms with E-state index >= 15 is 0 Å². The highest BCUT2D eigenvalue weighted by Gasteiger charge is 2.11. The minimum atomic E-state index is -0.318. The lowest BCUT2D eigenvalue weighted by molar-refractivity contribution is 0.102. The summed E-state index contributed by atoms with van der Waals surface area (Å²) >= 11 is 0. The maximum Gasteiger partial charge on any atom is 0.257 e. The number of hydrogen-bond donors (Lipinski definition) is 1. The first-order valence-corrected chi connectivity index (χ1v) is 5.17. The molecule has 0 spiro atoms. The molecule has 2 aromatic rings. The van der Waals surface area contributed by atoms with Crippen LogP contribution in [-0.4, -0.2) is 25.3 Å². The lowest BCUT2D eigenvalue weighted by atomic mass is 10.2. The lowest BCUT2D eigenvalue weighted by Crippen LogP contribution is -2.12. The Kier molecular flexibility index (Phi) is 3.47. The van der Waals surface area contributed by atoms with Crippen molar-refractivity contribution in [3.63, 3.8) is 0 Å². The fourth-order valence-electron chi connectivity index (χ4n) is 1.40. The summed E-state index contributed by atoms with van der Waals surface area (Å²) in [5.41, 5.74) is 0.411. The second-order valence-electron chi connectivity index (χ2n) is 3.44. The zero-order valence-corrected chi connectivity index (χ0v) is 9.97. The largest absolute Gasteiger partial charge is 0.497 e. The Balaban J connectivity index is 2.23. The molecular weight excluding hydrogens is 236 g/mol. The standard InChI is InChI=1S/C12H12N2O4/c1-16-9-5-8(6-10(7-9)17-2)12(15)13-11-3-4-18-14-11/h3-7H,1-2H3,(H,13,14,15). The molecule has 0 atom stereocenters. The lowest BCUT2D eigenvalue weighted by Gasteiger charge is -2.07. The van der Waals surface area contributed by atoms with Crippen molar-refractivity contribution in [1.29, 1.82) is 0 Å². The number of nitrogens with zero attached hydrogens (tertiary/aromatic N) is 1. The van der Waals surface area contributed by atoms with Crippen molar-refractivity contribution in [3.8, 4) is 11.5 Å². The summed E-state index contributed by atoms with van der Waals surface area (Å²) in [5.74, 6) is 1.11. The highest BCUT2D eigenvalue weighted by molar-refractivity contribution is 6.04. The van der Waals surface area contributed by atoms with Crippen LogP contribution in [-0.2, 0) is 0 Å². The molecule has 94 valence electrons. The van der Waals surface area contributed by atoms with Crippen molar-refractivity contribution in [2.24, 2.45) is 0 Å². The maximum atomic E-state index is 11.9. The highest BCUT2D eigenvalue weighted by atomic mass is 16.5. The van der Waals surface area contributed by atoms with Crippen molar-refractivity contribution in [1.82, 2.24) is 5.16 Å². The highest BCUT2D eigenvalue weighted by Crippen LogP contribution is 2.23. The summed E-state index contributed by atoms with van der Waals surface area (Å²) in [6.07, 6.45) is 1.38. The molecule has 0 unspecified atom stereocenters. The summed E-state index contributed by atoms with van der Waals surface area (Å²) in [5, 5.41) is 6.18. The summed E-state index contributed by atoms with van der Waals surface area (Å²) in [7, 11) is 3.04. The first-order chi connectivity index (χ1) is 8.72. The van der Waals surface area contributed by atoms with Gasteiger partial charge in [0.1, 0.15) is 17.8 Å². The number of carbonyl (C=O) groups excluding carboxylic acids is 1. The molecule has 1 amide bonds. The SMILES string of the molecule is COc1cc(OC)cc(C(=O)Nc2ccon2)c1. The van der Waals surface area contributed by atoms with Gasteiger partial charge < -0.3 is 19.3 Å². The Hall–Kier alpha value is -2.50. The van der Waals surface area contributed by atoms with Gasteiger partial charge in [0.15, 0.2) is 5.82 Å². The molecule has 18 heavy (non-hydrogen) atoms. The monoisotopic (exact) mass is 248 g/mol. The number of carbonyl (C=O) groups is 1. The van der Waals surface area contributed by atoms with E-state index in [2.05, 4.69) is 15.0 Å². The molecule has 6 heteroatoms. The summed E-state index contributed by atoms with van der Waals surface area (Å²) in [6.45, 7) is 0. The molecule has 1 aromatic carbocycles. The van der Waals surface area contributed by atoms with Gasteiger partial charge in [-0.1, -0.05) is 5.16 Å². The van der Waals surface area contributed by atoms with Gasteiger partial charge in [-0.3, -0.25) is 4.79 Å². The van der Waals surface area contributed by atoms with Gasteiger partial charge in [0.2, 0.25) is 0 Å². The van der Waals surface area contributed by atoms with Crippen LogP contribution in [0.5, 0.6) is 11.5 Å². The van der Waals surface area contributed by atoms with Crippen molar-refractivity contribution >= 4 is 11.7 Å². The Morgan fingerprint density at radius 1 is 1.22 bits per heavy atom. The first-order valence-electron chi connectivity index (χ1n) is 5.17. The van der Waals surface area contributed by atoms with Crippen LogP contribution in [0.1, 0.15) is 10.4 Å². The summed E-state index contributed by atoms with van der Waals surface area (Å²) < 4.78 is 14.8. The van der Waals surface area contributed by atoms with E-state index in [1.807, 2.05) is 0 Å². The molecule has 1 N–H and O–H groups in total. The molecular formula is C12H12N2O4. The van der Waals surface area contributed by atoms with Gasteiger partial charge in [-0.05, 0) is 12.1 Å². The number of nitrogens with one attached hydrogen (secondary N) is 1. The third-order valence-electron chi connectivity index (χ3n) is 2.29. The quantitative estimate of drug-likeness (QED) is 0.895. The number of hydrogen-bond acceptors (Lipinski definition) is 5. The predicted molar refractivity (Wildman–Crippen MR) is 64.0 cm³/mol. The van der Waals surface area contributed by atoms with Gasteiger partial charge in [-0.15, -0.1) is 0 Å². The molecule has 2 rings (SSSR count). The van der Waals surface area contributed by atoms with E-state index in [1.165, 1.54) is 20.5 Å². The van der Waals surface area contributed by atoms with Crippen LogP contribution >= 0.6 is 0 Å². The third kappa shape index (κ3) is 2.60. The number of ether oxygens (including phenoxy) is 2. The Morgan fingerprint density at radius 2 is 1.89 bits per heavy atom. The Bertz CT molecular complexity index is 515. The zero-order chi connectivity index (χ0) is 13.0. The van der Waals surface area contributed by atoms with Crippen LogP contribution in [0.3, 0.4) is 0 Å². The minimum Gasteiger partial charge on any atom is -0.497 e. The van der Waals surface area contributed by atoms with Gasteiger partial charge in [0.25, 0.3) is 5.91 Å². The number of benzene rings is 1. The summed E-state index contributed by atoms with van der Waals surface area (Å²) in [6, 6.07) is 6.46. The molecule has 0 saturated heterocycles. The number of anilines is 1. The average molecular weight is 248 g/mol. The normalized spacial score (nSPS) is 9.89. The van der Waals surface area contributed by atoms with Crippen LogP contribution in [0.2, 0.25) is 0 Å². The van der Waals surface area contributed by atoms with E-state index in [0.29, 0.717) is 22.9 Å². The summed E-state index contributed by atoms with van der Waals surface area (Å²) in [4.78, 5) is 11.9. The molecule has 0 fully saturated rings. The van der Waals surface area contributed by atoms with Crippen LogP contribution in [0, 0.1) is 0 Å². The minimum absolute atomic E-state index is 0.318. The molecule has 0 bridgehead atoms. The number of amides is 1. The van der Waals surface area contributed by atoms with E-state index in [0.717, 1.165) is 0 Å². The second kappa shape index (κ2) is 5.22. The fraction of sp³-hybridized carbons (Fsp3) is 0.167. The van der Waals surface area contributed by atoms with Gasteiger partial charge in [0, 0.05) is 17.7 Å². The van der Waals surface area contributed by atoms with Crippen molar-refractivity contribution in [2.45, 2.75) is 0 Å². The van der Waals surface area contributed by atoms with Crippen LogP contribution in [0.25, 0.3) is 0 Å². The van der Waals surface area contributed by atoms with Crippen molar-refractivity contribution in [3.05, 3.63) is 36.1 Å². The van der Waals surface area contributed by atoms with Crippen molar-refractivity contribution in [2.75, 3.05) is 19.5 Å². The predicted octanol–water partition coefficient (Wildman–Crippen LogP) is 1.94. The van der Waals surface area contributed by atoms with Crippen LogP contribution in [0.15, 0.2) is 35.1 Å². The molecule has 0 aliphatic rings. The molecule has 0 radical (unpaired) electrons. The van der Waals surface area contributed by atoms with Crippen molar-refractivity contribution < 1.29 is 18.8 Å². The van der Waals surface area contributed by atoms with E-state index < -0.39 is 0 Å². The number of methoxy groups -OCH3 is 2. The number of aromatic nitrogens is 1.